The smallest absolute Gasteiger partial charge is 0.0481 e. The van der Waals surface area contributed by atoms with Gasteiger partial charge in [0.25, 0.3) is 0 Å². The molecule has 0 bridgehead atoms. The van der Waals surface area contributed by atoms with Crippen molar-refractivity contribution in [1.82, 2.24) is 4.90 Å². The minimum Gasteiger partial charge on any atom is -0.329 e. The van der Waals surface area contributed by atoms with Crippen molar-refractivity contribution in [2.24, 2.45) is 11.1 Å². The third kappa shape index (κ3) is 3.84. The van der Waals surface area contributed by atoms with Crippen LogP contribution in [0.25, 0.3) is 0 Å². The number of aryl methyl sites for hydroxylation is 1. The van der Waals surface area contributed by atoms with Crippen molar-refractivity contribution in [2.75, 3.05) is 19.6 Å². The van der Waals surface area contributed by atoms with Crippen LogP contribution < -0.4 is 5.73 Å². The number of halogens is 1. The van der Waals surface area contributed by atoms with Gasteiger partial charge in [-0.2, -0.15) is 0 Å². The van der Waals surface area contributed by atoms with Gasteiger partial charge in [-0.15, -0.1) is 0 Å². The Balaban J connectivity index is 2.19. The lowest BCUT2D eigenvalue weighted by atomic mass is 9.85. The van der Waals surface area contributed by atoms with Crippen LogP contribution in [0.5, 0.6) is 0 Å². The molecule has 112 valence electrons. The lowest BCUT2D eigenvalue weighted by Crippen LogP contribution is -2.35. The number of likely N-dealkylation sites (tertiary alicyclic amines) is 1. The Bertz CT molecular complexity index is 456. The molecule has 1 fully saturated rings. The van der Waals surface area contributed by atoms with Gasteiger partial charge in [-0.3, -0.25) is 4.90 Å². The Kier molecular flexibility index (Phi) is 5.27. The number of nitrogens with zero attached hydrogens (tertiary/aromatic N) is 1. The van der Waals surface area contributed by atoms with Gasteiger partial charge in [0.15, 0.2) is 0 Å². The zero-order valence-electron chi connectivity index (χ0n) is 13.0. The number of hydrogen-bond acceptors (Lipinski definition) is 2. The molecule has 2 rings (SSSR count). The lowest BCUT2D eigenvalue weighted by Gasteiger charge is -2.31. The van der Waals surface area contributed by atoms with Gasteiger partial charge in [-0.25, -0.2) is 0 Å². The largest absolute Gasteiger partial charge is 0.329 e. The molecule has 0 aromatic heterocycles. The monoisotopic (exact) mass is 338 g/mol. The van der Waals surface area contributed by atoms with E-state index in [4.69, 9.17) is 5.73 Å². The van der Waals surface area contributed by atoms with Gasteiger partial charge >= 0.3 is 0 Å². The predicted octanol–water partition coefficient (Wildman–Crippen LogP) is 4.27. The minimum atomic E-state index is 0.332. The second-order valence-electron chi connectivity index (χ2n) is 6.83. The van der Waals surface area contributed by atoms with Gasteiger partial charge in [-0.1, -0.05) is 41.9 Å². The summed E-state index contributed by atoms with van der Waals surface area (Å²) in [5.41, 5.74) is 9.19. The predicted molar refractivity (Wildman–Crippen MR) is 89.9 cm³/mol. The molecule has 1 aromatic rings. The zero-order chi connectivity index (χ0) is 14.8. The van der Waals surface area contributed by atoms with Gasteiger partial charge < -0.3 is 5.73 Å². The van der Waals surface area contributed by atoms with Crippen molar-refractivity contribution in [3.8, 4) is 0 Å². The number of hydrogen-bond donors (Lipinski definition) is 1. The topological polar surface area (TPSA) is 29.3 Å². The molecule has 1 unspecified atom stereocenters. The average molecular weight is 339 g/mol. The highest BCUT2D eigenvalue weighted by Gasteiger charge is 2.27. The second-order valence-corrected chi connectivity index (χ2v) is 7.68. The summed E-state index contributed by atoms with van der Waals surface area (Å²) >= 11 is 3.71. The molecule has 0 amide bonds. The fourth-order valence-corrected chi connectivity index (χ4v) is 3.89. The second kappa shape index (κ2) is 6.59. The highest BCUT2D eigenvalue weighted by Crippen LogP contribution is 2.34. The quantitative estimate of drug-likeness (QED) is 0.891. The maximum atomic E-state index is 6.10. The first kappa shape index (κ1) is 16.0. The van der Waals surface area contributed by atoms with Crippen LogP contribution in [-0.2, 0) is 0 Å². The molecule has 1 saturated heterocycles. The molecule has 0 radical (unpaired) electrons. The molecule has 2 nitrogen and oxygen atoms in total. The number of nitrogens with two attached hydrogens (primary N) is 1. The van der Waals surface area contributed by atoms with E-state index in [-0.39, 0.29) is 0 Å². The van der Waals surface area contributed by atoms with Crippen molar-refractivity contribution < 1.29 is 0 Å². The lowest BCUT2D eigenvalue weighted by molar-refractivity contribution is 0.199. The molecular weight excluding hydrogens is 312 g/mol. The van der Waals surface area contributed by atoms with Crippen LogP contribution in [0.15, 0.2) is 22.7 Å². The van der Waals surface area contributed by atoms with E-state index in [2.05, 4.69) is 59.8 Å². The molecule has 3 heteroatoms. The maximum absolute atomic E-state index is 6.10. The number of rotatable bonds is 3. The molecule has 0 saturated carbocycles. The summed E-state index contributed by atoms with van der Waals surface area (Å²) in [6, 6.07) is 6.94. The molecule has 0 aliphatic carbocycles. The van der Waals surface area contributed by atoms with Crippen molar-refractivity contribution >= 4 is 15.9 Å². The average Bonchev–Trinajstić information content (AvgIpc) is 2.54. The minimum absolute atomic E-state index is 0.332. The molecule has 2 N–H and O–H groups in total. The van der Waals surface area contributed by atoms with E-state index in [0.717, 1.165) is 13.1 Å². The van der Waals surface area contributed by atoms with Crippen LogP contribution in [-0.4, -0.2) is 24.5 Å². The summed E-state index contributed by atoms with van der Waals surface area (Å²) < 4.78 is 1.19. The Hall–Kier alpha value is -0.380. The fraction of sp³-hybridized carbons (Fsp3) is 0.647. The van der Waals surface area contributed by atoms with E-state index in [0.29, 0.717) is 18.0 Å². The van der Waals surface area contributed by atoms with Crippen LogP contribution in [0.1, 0.15) is 50.3 Å². The van der Waals surface area contributed by atoms with Gasteiger partial charge in [0, 0.05) is 17.1 Å². The highest BCUT2D eigenvalue weighted by atomic mass is 79.9. The molecule has 0 spiro atoms. The SMILES string of the molecule is Cc1ccc(C(CN)N2CCCC(C)(C)CC2)c(Br)c1. The Labute approximate surface area is 131 Å². The molecule has 1 aliphatic heterocycles. The first-order valence-corrected chi connectivity index (χ1v) is 8.42. The van der Waals surface area contributed by atoms with Crippen molar-refractivity contribution in [2.45, 2.75) is 46.1 Å². The first-order chi connectivity index (χ1) is 9.43. The molecule has 20 heavy (non-hydrogen) atoms. The molecule has 1 aliphatic rings. The third-order valence-corrected chi connectivity index (χ3v) is 5.24. The van der Waals surface area contributed by atoms with E-state index in [1.54, 1.807) is 0 Å². The number of benzene rings is 1. The van der Waals surface area contributed by atoms with Gasteiger partial charge in [0.1, 0.15) is 0 Å². The summed E-state index contributed by atoms with van der Waals surface area (Å²) in [4.78, 5) is 2.57. The van der Waals surface area contributed by atoms with Crippen molar-refractivity contribution in [1.29, 1.82) is 0 Å². The highest BCUT2D eigenvalue weighted by molar-refractivity contribution is 9.10. The first-order valence-electron chi connectivity index (χ1n) is 7.63. The van der Waals surface area contributed by atoms with Crippen LogP contribution in [0.4, 0.5) is 0 Å². The maximum Gasteiger partial charge on any atom is 0.0481 e. The zero-order valence-corrected chi connectivity index (χ0v) is 14.5. The van der Waals surface area contributed by atoms with Crippen molar-refractivity contribution in [3.05, 3.63) is 33.8 Å². The molecule has 1 atom stereocenters. The fourth-order valence-electron chi connectivity index (χ4n) is 3.13. The summed E-state index contributed by atoms with van der Waals surface area (Å²) in [7, 11) is 0. The summed E-state index contributed by atoms with van der Waals surface area (Å²) in [5, 5.41) is 0. The van der Waals surface area contributed by atoms with E-state index in [1.807, 2.05) is 0 Å². The Morgan fingerprint density at radius 3 is 2.70 bits per heavy atom. The molecule has 1 heterocycles. The van der Waals surface area contributed by atoms with Crippen LogP contribution in [0, 0.1) is 12.3 Å². The standard InChI is InChI=1S/C17H27BrN2/c1-13-5-6-14(15(18)11-13)16(12-19)20-9-4-7-17(2,3)8-10-20/h5-6,11,16H,4,7-10,12,19H2,1-3H3. The van der Waals surface area contributed by atoms with E-state index < -0.39 is 0 Å². The third-order valence-electron chi connectivity index (χ3n) is 4.55. The van der Waals surface area contributed by atoms with Crippen LogP contribution >= 0.6 is 15.9 Å². The van der Waals surface area contributed by atoms with Crippen molar-refractivity contribution in [3.63, 3.8) is 0 Å². The van der Waals surface area contributed by atoms with Gasteiger partial charge in [0.05, 0.1) is 0 Å². The molecule has 1 aromatic carbocycles. The van der Waals surface area contributed by atoms with Gasteiger partial charge in [-0.05, 0) is 61.9 Å². The Morgan fingerprint density at radius 1 is 1.30 bits per heavy atom. The van der Waals surface area contributed by atoms with Gasteiger partial charge in [0.2, 0.25) is 0 Å². The summed E-state index contributed by atoms with van der Waals surface area (Å²) in [6.07, 6.45) is 3.84. The van der Waals surface area contributed by atoms with E-state index >= 15 is 0 Å². The van der Waals surface area contributed by atoms with Crippen LogP contribution in [0.3, 0.4) is 0 Å². The van der Waals surface area contributed by atoms with E-state index in [9.17, 15) is 0 Å². The summed E-state index contributed by atoms with van der Waals surface area (Å²) in [5.74, 6) is 0. The summed E-state index contributed by atoms with van der Waals surface area (Å²) in [6.45, 7) is 9.88. The Morgan fingerprint density at radius 2 is 2.05 bits per heavy atom. The van der Waals surface area contributed by atoms with E-state index in [1.165, 1.54) is 34.9 Å². The normalized spacial score (nSPS) is 21.4. The molecular formula is C17H27BrN2. The van der Waals surface area contributed by atoms with Crippen LogP contribution in [0.2, 0.25) is 0 Å².